The van der Waals surface area contributed by atoms with Crippen LogP contribution in [0.3, 0.4) is 0 Å². The van der Waals surface area contributed by atoms with E-state index in [-0.39, 0.29) is 0 Å². The first-order valence-corrected chi connectivity index (χ1v) is 4.23. The van der Waals surface area contributed by atoms with E-state index in [0.717, 1.165) is 0 Å². The Morgan fingerprint density at radius 3 is 1.43 bits per heavy atom. The van der Waals surface area contributed by atoms with Crippen molar-refractivity contribution < 1.29 is 9.59 Å². The molecule has 0 heterocycles. The van der Waals surface area contributed by atoms with Crippen LogP contribution in [0.15, 0.2) is 10.1 Å². The van der Waals surface area contributed by atoms with Gasteiger partial charge >= 0.3 is 0 Å². The average molecular weight is 229 g/mol. The fourth-order valence-corrected chi connectivity index (χ4v) is 1.48. The van der Waals surface area contributed by atoms with E-state index in [1.165, 1.54) is 0 Å². The molecule has 0 aromatic heterocycles. The highest BCUT2D eigenvalue weighted by molar-refractivity contribution is 6.56. The fraction of sp³-hybridized carbons (Fsp3) is 0.250. The third kappa shape index (κ3) is 1.39. The molecule has 70 valence electrons. The third-order valence-corrected chi connectivity index (χ3v) is 2.65. The first-order chi connectivity index (χ1) is 6.54. The predicted molar refractivity (Wildman–Crippen MR) is 47.0 cm³/mol. The molecule has 2 unspecified atom stereocenters. The maximum absolute atomic E-state index is 11.3. The molecule has 0 fully saturated rings. The molecule has 0 aromatic carbocycles. The molecule has 0 aromatic rings. The molecule has 0 saturated heterocycles. The molecule has 0 amide bonds. The summed E-state index contributed by atoms with van der Waals surface area (Å²) in [6, 6.07) is 3.13. The van der Waals surface area contributed by atoms with Crippen LogP contribution in [0.25, 0.3) is 0 Å². The molecule has 2 atom stereocenters. The van der Waals surface area contributed by atoms with Crippen molar-refractivity contribution in [2.45, 2.75) is 0 Å². The summed E-state index contributed by atoms with van der Waals surface area (Å²) >= 11 is 10.9. The highest BCUT2D eigenvalue weighted by atomic mass is 35.5. The molecule has 1 aliphatic rings. The standard InChI is InChI=1S/C8H2Cl2N2O2/c9-5-6(10)8(14)4(2-12)3(1-11)7(5)13/h3-4H. The van der Waals surface area contributed by atoms with Gasteiger partial charge < -0.3 is 0 Å². The maximum atomic E-state index is 11.3. The number of hydrogen-bond donors (Lipinski definition) is 0. The number of halogens is 2. The van der Waals surface area contributed by atoms with Crippen LogP contribution in [0.5, 0.6) is 0 Å². The van der Waals surface area contributed by atoms with Gasteiger partial charge in [0.25, 0.3) is 0 Å². The first-order valence-electron chi connectivity index (χ1n) is 3.47. The van der Waals surface area contributed by atoms with Crippen LogP contribution in [-0.2, 0) is 9.59 Å². The zero-order valence-corrected chi connectivity index (χ0v) is 8.13. The second-order valence-corrected chi connectivity index (χ2v) is 3.33. The number of rotatable bonds is 0. The summed E-state index contributed by atoms with van der Waals surface area (Å²) in [6.07, 6.45) is 0. The lowest BCUT2D eigenvalue weighted by Crippen LogP contribution is -2.33. The predicted octanol–water partition coefficient (Wildman–Crippen LogP) is 1.11. The second-order valence-electron chi connectivity index (χ2n) is 2.57. The molecular weight excluding hydrogens is 227 g/mol. The summed E-state index contributed by atoms with van der Waals surface area (Å²) in [5.41, 5.74) is 0. The second kappa shape index (κ2) is 3.79. The van der Waals surface area contributed by atoms with Gasteiger partial charge in [0.05, 0.1) is 12.1 Å². The van der Waals surface area contributed by atoms with Crippen molar-refractivity contribution in [3.8, 4) is 12.1 Å². The van der Waals surface area contributed by atoms with Crippen molar-refractivity contribution in [1.29, 1.82) is 10.5 Å². The monoisotopic (exact) mass is 228 g/mol. The fourth-order valence-electron chi connectivity index (χ4n) is 1.06. The van der Waals surface area contributed by atoms with Gasteiger partial charge in [-0.1, -0.05) is 23.2 Å². The van der Waals surface area contributed by atoms with Gasteiger partial charge in [-0.25, -0.2) is 0 Å². The SMILES string of the molecule is N#CC1C(=O)C(Cl)=C(Cl)C(=O)C1C#N. The quantitative estimate of drug-likeness (QED) is 0.622. The number of allylic oxidation sites excluding steroid dienone is 2. The van der Waals surface area contributed by atoms with E-state index in [1.54, 1.807) is 12.1 Å². The minimum atomic E-state index is -1.34. The summed E-state index contributed by atoms with van der Waals surface area (Å²) in [4.78, 5) is 22.6. The summed E-state index contributed by atoms with van der Waals surface area (Å²) in [5, 5.41) is 16.2. The maximum Gasteiger partial charge on any atom is 0.194 e. The lowest BCUT2D eigenvalue weighted by atomic mass is 9.83. The Kier molecular flexibility index (Phi) is 2.90. The summed E-state index contributed by atoms with van der Waals surface area (Å²) in [7, 11) is 0. The highest BCUT2D eigenvalue weighted by Gasteiger charge is 2.42. The Bertz CT molecular complexity index is 388. The van der Waals surface area contributed by atoms with Crippen LogP contribution >= 0.6 is 23.2 Å². The number of ketones is 2. The highest BCUT2D eigenvalue weighted by Crippen LogP contribution is 2.32. The molecule has 1 rings (SSSR count). The van der Waals surface area contributed by atoms with Crippen LogP contribution in [0, 0.1) is 34.5 Å². The number of Topliss-reactive ketones (excluding diaryl/α,β-unsaturated/α-hetero) is 2. The topological polar surface area (TPSA) is 81.7 Å². The lowest BCUT2D eigenvalue weighted by Gasteiger charge is -2.18. The van der Waals surface area contributed by atoms with Gasteiger partial charge in [0.1, 0.15) is 21.9 Å². The van der Waals surface area contributed by atoms with Crippen molar-refractivity contribution >= 4 is 34.8 Å². The van der Waals surface area contributed by atoms with Gasteiger partial charge in [-0.15, -0.1) is 0 Å². The third-order valence-electron chi connectivity index (χ3n) is 1.80. The molecule has 4 nitrogen and oxygen atoms in total. The Morgan fingerprint density at radius 2 is 1.21 bits per heavy atom. The molecule has 14 heavy (non-hydrogen) atoms. The van der Waals surface area contributed by atoms with Crippen LogP contribution < -0.4 is 0 Å². The molecule has 0 N–H and O–H groups in total. The largest absolute Gasteiger partial charge is 0.292 e. The van der Waals surface area contributed by atoms with Crippen molar-refractivity contribution in [3.63, 3.8) is 0 Å². The van der Waals surface area contributed by atoms with Crippen LogP contribution in [0.4, 0.5) is 0 Å². The van der Waals surface area contributed by atoms with E-state index in [9.17, 15) is 9.59 Å². The number of nitrogens with zero attached hydrogens (tertiary/aromatic N) is 2. The van der Waals surface area contributed by atoms with Gasteiger partial charge in [-0.3, -0.25) is 9.59 Å². The Hall–Kier alpha value is -1.36. The molecule has 1 aliphatic carbocycles. The van der Waals surface area contributed by atoms with Crippen molar-refractivity contribution in [1.82, 2.24) is 0 Å². The van der Waals surface area contributed by atoms with Gasteiger partial charge in [0.2, 0.25) is 0 Å². The van der Waals surface area contributed by atoms with Crippen molar-refractivity contribution in [2.75, 3.05) is 0 Å². The number of hydrogen-bond acceptors (Lipinski definition) is 4. The number of carbonyl (C=O) groups excluding carboxylic acids is 2. The van der Waals surface area contributed by atoms with E-state index in [0.29, 0.717) is 0 Å². The number of nitriles is 2. The minimum Gasteiger partial charge on any atom is -0.292 e. The molecular formula is C8H2Cl2N2O2. The first kappa shape index (κ1) is 10.7. The molecule has 0 saturated carbocycles. The summed E-state index contributed by atoms with van der Waals surface area (Å²) in [6.45, 7) is 0. The van der Waals surface area contributed by atoms with E-state index in [2.05, 4.69) is 0 Å². The van der Waals surface area contributed by atoms with Crippen molar-refractivity contribution in [3.05, 3.63) is 10.1 Å². The Balaban J connectivity index is 3.32. The normalized spacial score (nSPS) is 27.1. The lowest BCUT2D eigenvalue weighted by molar-refractivity contribution is -0.126. The molecule has 0 spiro atoms. The molecule has 6 heteroatoms. The Morgan fingerprint density at radius 1 is 0.929 bits per heavy atom. The number of carbonyl (C=O) groups is 2. The Labute approximate surface area is 89.3 Å². The van der Waals surface area contributed by atoms with Crippen LogP contribution in [-0.4, -0.2) is 11.6 Å². The van der Waals surface area contributed by atoms with Crippen LogP contribution in [0.2, 0.25) is 0 Å². The van der Waals surface area contributed by atoms with E-state index in [4.69, 9.17) is 33.7 Å². The molecule has 0 aliphatic heterocycles. The summed E-state index contributed by atoms with van der Waals surface area (Å²) < 4.78 is 0. The van der Waals surface area contributed by atoms with E-state index >= 15 is 0 Å². The van der Waals surface area contributed by atoms with Gasteiger partial charge in [0, 0.05) is 0 Å². The molecule has 0 bridgehead atoms. The van der Waals surface area contributed by atoms with Crippen molar-refractivity contribution in [2.24, 2.45) is 11.8 Å². The van der Waals surface area contributed by atoms with Gasteiger partial charge in [-0.05, 0) is 0 Å². The minimum absolute atomic E-state index is 0.463. The molecule has 0 radical (unpaired) electrons. The average Bonchev–Trinajstić information content (AvgIpc) is 2.20. The summed E-state index contributed by atoms with van der Waals surface area (Å²) in [5.74, 6) is -4.24. The van der Waals surface area contributed by atoms with Crippen LogP contribution in [0.1, 0.15) is 0 Å². The zero-order valence-electron chi connectivity index (χ0n) is 6.62. The van der Waals surface area contributed by atoms with Gasteiger partial charge in [0.15, 0.2) is 11.6 Å². The smallest absolute Gasteiger partial charge is 0.194 e. The van der Waals surface area contributed by atoms with Gasteiger partial charge in [-0.2, -0.15) is 10.5 Å². The van der Waals surface area contributed by atoms with E-state index < -0.39 is 33.5 Å². The zero-order chi connectivity index (χ0) is 10.9. The van der Waals surface area contributed by atoms with E-state index in [1.807, 2.05) is 0 Å².